The highest BCUT2D eigenvalue weighted by Gasteiger charge is 2.51. The van der Waals surface area contributed by atoms with Crippen molar-refractivity contribution < 1.29 is 14.7 Å². The summed E-state index contributed by atoms with van der Waals surface area (Å²) in [6.07, 6.45) is 4.76. The van der Waals surface area contributed by atoms with Gasteiger partial charge < -0.3 is 10.0 Å². The van der Waals surface area contributed by atoms with E-state index in [1.165, 1.54) is 0 Å². The molecule has 0 aromatic rings. The molecule has 0 aromatic carbocycles. The quantitative estimate of drug-likeness (QED) is 0.791. The summed E-state index contributed by atoms with van der Waals surface area (Å²) in [4.78, 5) is 24.8. The Kier molecular flexibility index (Phi) is 2.91. The molecule has 1 unspecified atom stereocenters. The summed E-state index contributed by atoms with van der Waals surface area (Å²) in [5, 5.41) is 8.81. The molecule has 1 saturated carbocycles. The van der Waals surface area contributed by atoms with E-state index in [-0.39, 0.29) is 23.8 Å². The van der Waals surface area contributed by atoms with Gasteiger partial charge in [-0.3, -0.25) is 9.59 Å². The number of amides is 1. The van der Waals surface area contributed by atoms with Crippen LogP contribution in [0.2, 0.25) is 0 Å². The van der Waals surface area contributed by atoms with Gasteiger partial charge in [0.05, 0.1) is 6.42 Å². The number of aliphatic carboxylic acids is 1. The van der Waals surface area contributed by atoms with E-state index in [9.17, 15) is 9.59 Å². The monoisotopic (exact) mass is 225 g/mol. The van der Waals surface area contributed by atoms with Crippen molar-refractivity contribution >= 4 is 11.9 Å². The molecule has 4 nitrogen and oxygen atoms in total. The zero-order chi connectivity index (χ0) is 11.8. The average Bonchev–Trinajstić information content (AvgIpc) is 2.92. The van der Waals surface area contributed by atoms with Gasteiger partial charge in [0.1, 0.15) is 0 Å². The van der Waals surface area contributed by atoms with Crippen LogP contribution in [0.4, 0.5) is 0 Å². The second kappa shape index (κ2) is 4.07. The van der Waals surface area contributed by atoms with Gasteiger partial charge in [0.2, 0.25) is 5.91 Å². The summed E-state index contributed by atoms with van der Waals surface area (Å²) in [7, 11) is 0. The molecule has 1 saturated heterocycles. The molecule has 2 fully saturated rings. The molecule has 0 radical (unpaired) electrons. The zero-order valence-electron chi connectivity index (χ0n) is 9.74. The van der Waals surface area contributed by atoms with E-state index in [1.54, 1.807) is 0 Å². The normalized spacial score (nSPS) is 26.8. The molecule has 0 bridgehead atoms. The number of carboxylic acids is 1. The van der Waals surface area contributed by atoms with Gasteiger partial charge in [0, 0.05) is 18.0 Å². The molecule has 1 aliphatic carbocycles. The molecule has 1 N–H and O–H groups in total. The lowest BCUT2D eigenvalue weighted by molar-refractivity contribution is -0.142. The molecule has 1 heterocycles. The van der Waals surface area contributed by atoms with Crippen LogP contribution in [0, 0.1) is 5.41 Å². The van der Waals surface area contributed by atoms with Gasteiger partial charge in [-0.2, -0.15) is 0 Å². The Labute approximate surface area is 95.6 Å². The first-order valence-corrected chi connectivity index (χ1v) is 6.12. The number of carbonyl (C=O) groups is 2. The van der Waals surface area contributed by atoms with E-state index in [2.05, 4.69) is 0 Å². The number of likely N-dealkylation sites (tertiary alicyclic amines) is 1. The van der Waals surface area contributed by atoms with Crippen LogP contribution >= 0.6 is 0 Å². The molecule has 2 aliphatic rings. The minimum absolute atomic E-state index is 0.0611. The SMILES string of the molecule is CCC1(C(=O)N2CCCC2CC(=O)O)CC1. The van der Waals surface area contributed by atoms with Gasteiger partial charge in [0.15, 0.2) is 0 Å². The largest absolute Gasteiger partial charge is 0.481 e. The van der Waals surface area contributed by atoms with Crippen LogP contribution in [0.1, 0.15) is 45.4 Å². The van der Waals surface area contributed by atoms with E-state index in [4.69, 9.17) is 5.11 Å². The topological polar surface area (TPSA) is 57.6 Å². The van der Waals surface area contributed by atoms with Crippen molar-refractivity contribution in [1.82, 2.24) is 4.90 Å². The standard InChI is InChI=1S/C12H19NO3/c1-2-12(5-6-12)11(16)13-7-3-4-9(13)8-10(14)15/h9H,2-8H2,1H3,(H,14,15). The fraction of sp³-hybridized carbons (Fsp3) is 0.833. The molecular weight excluding hydrogens is 206 g/mol. The predicted molar refractivity (Wildman–Crippen MR) is 58.9 cm³/mol. The molecule has 90 valence electrons. The van der Waals surface area contributed by atoms with Crippen molar-refractivity contribution in [3.05, 3.63) is 0 Å². The van der Waals surface area contributed by atoms with Crippen molar-refractivity contribution in [3.63, 3.8) is 0 Å². The number of nitrogens with zero attached hydrogens (tertiary/aromatic N) is 1. The highest BCUT2D eigenvalue weighted by molar-refractivity contribution is 5.86. The van der Waals surface area contributed by atoms with Gasteiger partial charge >= 0.3 is 5.97 Å². The Bertz CT molecular complexity index is 309. The molecular formula is C12H19NO3. The maximum absolute atomic E-state index is 12.3. The zero-order valence-corrected chi connectivity index (χ0v) is 9.74. The van der Waals surface area contributed by atoms with Crippen molar-refractivity contribution in [2.24, 2.45) is 5.41 Å². The summed E-state index contributed by atoms with van der Waals surface area (Å²) in [6.45, 7) is 2.80. The van der Waals surface area contributed by atoms with Gasteiger partial charge in [-0.15, -0.1) is 0 Å². The van der Waals surface area contributed by atoms with E-state index in [0.29, 0.717) is 0 Å². The number of carbonyl (C=O) groups excluding carboxylic acids is 1. The highest BCUT2D eigenvalue weighted by atomic mass is 16.4. The van der Waals surface area contributed by atoms with Crippen LogP contribution in [0.5, 0.6) is 0 Å². The van der Waals surface area contributed by atoms with E-state index in [0.717, 1.165) is 38.6 Å². The molecule has 1 atom stereocenters. The molecule has 16 heavy (non-hydrogen) atoms. The fourth-order valence-electron chi connectivity index (χ4n) is 2.69. The first-order chi connectivity index (χ1) is 7.59. The lowest BCUT2D eigenvalue weighted by Gasteiger charge is -2.27. The summed E-state index contributed by atoms with van der Waals surface area (Å²) in [6, 6.07) is -0.0611. The fourth-order valence-corrected chi connectivity index (χ4v) is 2.69. The number of rotatable bonds is 4. The van der Waals surface area contributed by atoms with Crippen molar-refractivity contribution in [2.75, 3.05) is 6.54 Å². The van der Waals surface area contributed by atoms with E-state index in [1.807, 2.05) is 11.8 Å². The minimum atomic E-state index is -0.800. The van der Waals surface area contributed by atoms with Gasteiger partial charge in [0.25, 0.3) is 0 Å². The van der Waals surface area contributed by atoms with Gasteiger partial charge in [-0.05, 0) is 32.1 Å². The number of carboxylic acid groups (broad SMARTS) is 1. The Hall–Kier alpha value is -1.06. The summed E-state index contributed by atoms with van der Waals surface area (Å²) in [5.41, 5.74) is -0.124. The van der Waals surface area contributed by atoms with E-state index < -0.39 is 5.97 Å². The third-order valence-corrected chi connectivity index (χ3v) is 4.03. The lowest BCUT2D eigenvalue weighted by atomic mass is 10.0. The van der Waals surface area contributed by atoms with Gasteiger partial charge in [-0.25, -0.2) is 0 Å². The summed E-state index contributed by atoms with van der Waals surface area (Å²) < 4.78 is 0. The number of hydrogen-bond acceptors (Lipinski definition) is 2. The van der Waals surface area contributed by atoms with Crippen LogP contribution in [0.15, 0.2) is 0 Å². The van der Waals surface area contributed by atoms with Crippen LogP contribution in [-0.4, -0.2) is 34.5 Å². The van der Waals surface area contributed by atoms with Crippen molar-refractivity contribution in [1.29, 1.82) is 0 Å². The van der Waals surface area contributed by atoms with E-state index >= 15 is 0 Å². The third-order valence-electron chi connectivity index (χ3n) is 4.03. The Morgan fingerprint density at radius 2 is 2.12 bits per heavy atom. The van der Waals surface area contributed by atoms with Crippen molar-refractivity contribution in [2.45, 2.75) is 51.5 Å². The summed E-state index contributed by atoms with van der Waals surface area (Å²) in [5.74, 6) is -0.593. The maximum Gasteiger partial charge on any atom is 0.305 e. The first-order valence-electron chi connectivity index (χ1n) is 6.12. The minimum Gasteiger partial charge on any atom is -0.481 e. The molecule has 0 spiro atoms. The van der Waals surface area contributed by atoms with Crippen LogP contribution in [0.3, 0.4) is 0 Å². The Balaban J connectivity index is 2.02. The number of hydrogen-bond donors (Lipinski definition) is 1. The molecule has 1 aliphatic heterocycles. The molecule has 1 amide bonds. The predicted octanol–water partition coefficient (Wildman–Crippen LogP) is 1.64. The average molecular weight is 225 g/mol. The van der Waals surface area contributed by atoms with Crippen molar-refractivity contribution in [3.8, 4) is 0 Å². The first kappa shape index (κ1) is 11.4. The second-order valence-electron chi connectivity index (χ2n) is 5.03. The maximum atomic E-state index is 12.3. The molecule has 0 aromatic heterocycles. The Morgan fingerprint density at radius 3 is 2.62 bits per heavy atom. The Morgan fingerprint density at radius 1 is 1.44 bits per heavy atom. The van der Waals surface area contributed by atoms with Crippen LogP contribution < -0.4 is 0 Å². The lowest BCUT2D eigenvalue weighted by Crippen LogP contribution is -2.41. The third kappa shape index (κ3) is 1.93. The molecule has 2 rings (SSSR count). The molecule has 4 heteroatoms. The van der Waals surface area contributed by atoms with Gasteiger partial charge in [-0.1, -0.05) is 6.92 Å². The highest BCUT2D eigenvalue weighted by Crippen LogP contribution is 2.51. The summed E-state index contributed by atoms with van der Waals surface area (Å²) >= 11 is 0. The van der Waals surface area contributed by atoms with Crippen LogP contribution in [-0.2, 0) is 9.59 Å². The smallest absolute Gasteiger partial charge is 0.305 e. The van der Waals surface area contributed by atoms with Crippen LogP contribution in [0.25, 0.3) is 0 Å². The second-order valence-corrected chi connectivity index (χ2v) is 5.03.